The van der Waals surface area contributed by atoms with Gasteiger partial charge in [0.25, 0.3) is 0 Å². The average Bonchev–Trinajstić information content (AvgIpc) is 2.46. The number of likely N-dealkylation sites (tertiary alicyclic amines) is 1. The Labute approximate surface area is 138 Å². The van der Waals surface area contributed by atoms with Gasteiger partial charge >= 0.3 is 0 Å². The number of unbranched alkanes of at least 4 members (excludes halogenated alkanes) is 6. The highest BCUT2D eigenvalue weighted by Crippen LogP contribution is 2.16. The van der Waals surface area contributed by atoms with Crippen LogP contribution in [0.4, 0.5) is 0 Å². The van der Waals surface area contributed by atoms with E-state index >= 15 is 0 Å². The summed E-state index contributed by atoms with van der Waals surface area (Å²) in [7, 11) is 0. The van der Waals surface area contributed by atoms with Crippen molar-refractivity contribution in [3.63, 3.8) is 0 Å². The largest absolute Gasteiger partial charge is 0.350 e. The monoisotopic (exact) mass is 310 g/mol. The van der Waals surface area contributed by atoms with E-state index in [2.05, 4.69) is 31.0 Å². The Kier molecular flexibility index (Phi) is 9.77. The standard InChI is InChI=1S/C19H38N2O/c1-4-5-6-7-8-9-11-14-19(2,3)20-18(22)17-21-15-12-10-13-16-21/h4-17H2,1-3H3,(H,20,22). The summed E-state index contributed by atoms with van der Waals surface area (Å²) in [6.07, 6.45) is 14.2. The third-order valence-corrected chi connectivity index (χ3v) is 4.70. The molecule has 1 fully saturated rings. The zero-order chi connectivity index (χ0) is 16.3. The number of carbonyl (C=O) groups excluding carboxylic acids is 1. The van der Waals surface area contributed by atoms with Gasteiger partial charge in [-0.1, -0.05) is 58.3 Å². The molecule has 0 bridgehead atoms. The van der Waals surface area contributed by atoms with Crippen LogP contribution in [-0.4, -0.2) is 36.0 Å². The second kappa shape index (κ2) is 11.0. The fraction of sp³-hybridized carbons (Fsp3) is 0.947. The number of carbonyl (C=O) groups is 1. The number of piperidine rings is 1. The third kappa shape index (κ3) is 9.45. The van der Waals surface area contributed by atoms with Crippen LogP contribution in [0, 0.1) is 0 Å². The predicted molar refractivity (Wildman–Crippen MR) is 95.1 cm³/mol. The maximum absolute atomic E-state index is 12.2. The normalized spacial score (nSPS) is 16.7. The molecular weight excluding hydrogens is 272 g/mol. The quantitative estimate of drug-likeness (QED) is 0.570. The van der Waals surface area contributed by atoms with Crippen LogP contribution in [-0.2, 0) is 4.79 Å². The molecule has 1 N–H and O–H groups in total. The molecule has 0 aromatic heterocycles. The van der Waals surface area contributed by atoms with Crippen LogP contribution in [0.2, 0.25) is 0 Å². The molecule has 1 heterocycles. The zero-order valence-corrected chi connectivity index (χ0v) is 15.3. The number of amides is 1. The molecule has 0 radical (unpaired) electrons. The molecule has 0 aromatic rings. The van der Waals surface area contributed by atoms with Crippen molar-refractivity contribution in [2.45, 2.75) is 96.9 Å². The number of rotatable bonds is 11. The van der Waals surface area contributed by atoms with Crippen molar-refractivity contribution >= 4 is 5.91 Å². The summed E-state index contributed by atoms with van der Waals surface area (Å²) in [5.74, 6) is 0.204. The summed E-state index contributed by atoms with van der Waals surface area (Å²) in [4.78, 5) is 14.5. The Morgan fingerprint density at radius 1 is 0.955 bits per heavy atom. The minimum absolute atomic E-state index is 0.0592. The van der Waals surface area contributed by atoms with E-state index in [4.69, 9.17) is 0 Å². The molecule has 0 atom stereocenters. The first-order valence-electron chi connectivity index (χ1n) is 9.57. The van der Waals surface area contributed by atoms with E-state index in [0.29, 0.717) is 6.54 Å². The highest BCUT2D eigenvalue weighted by Gasteiger charge is 2.21. The first-order valence-corrected chi connectivity index (χ1v) is 9.57. The van der Waals surface area contributed by atoms with Crippen molar-refractivity contribution < 1.29 is 4.79 Å². The van der Waals surface area contributed by atoms with E-state index in [9.17, 15) is 4.79 Å². The zero-order valence-electron chi connectivity index (χ0n) is 15.3. The van der Waals surface area contributed by atoms with Gasteiger partial charge in [-0.2, -0.15) is 0 Å². The Hall–Kier alpha value is -0.570. The second-order valence-electron chi connectivity index (χ2n) is 7.64. The highest BCUT2D eigenvalue weighted by molar-refractivity contribution is 5.78. The van der Waals surface area contributed by atoms with E-state index in [-0.39, 0.29) is 11.4 Å². The average molecular weight is 311 g/mol. The van der Waals surface area contributed by atoms with E-state index < -0.39 is 0 Å². The number of nitrogens with one attached hydrogen (secondary N) is 1. The van der Waals surface area contributed by atoms with Gasteiger partial charge in [0.1, 0.15) is 0 Å². The summed E-state index contributed by atoms with van der Waals surface area (Å²) in [5.41, 5.74) is -0.0592. The van der Waals surface area contributed by atoms with Crippen LogP contribution in [0.1, 0.15) is 91.4 Å². The maximum atomic E-state index is 12.2. The topological polar surface area (TPSA) is 32.3 Å². The maximum Gasteiger partial charge on any atom is 0.234 e. The second-order valence-corrected chi connectivity index (χ2v) is 7.64. The number of hydrogen-bond acceptors (Lipinski definition) is 2. The smallest absolute Gasteiger partial charge is 0.234 e. The van der Waals surface area contributed by atoms with Crippen LogP contribution in [0.5, 0.6) is 0 Å². The van der Waals surface area contributed by atoms with E-state index in [1.807, 2.05) is 0 Å². The molecule has 0 saturated carbocycles. The van der Waals surface area contributed by atoms with Gasteiger partial charge in [0.2, 0.25) is 5.91 Å². The third-order valence-electron chi connectivity index (χ3n) is 4.70. The molecule has 1 rings (SSSR count). The molecule has 0 spiro atoms. The van der Waals surface area contributed by atoms with E-state index in [1.54, 1.807) is 0 Å². The van der Waals surface area contributed by atoms with Gasteiger partial charge < -0.3 is 5.32 Å². The van der Waals surface area contributed by atoms with Gasteiger partial charge in [-0.15, -0.1) is 0 Å². The minimum atomic E-state index is -0.0592. The molecule has 1 amide bonds. The molecule has 1 aliphatic rings. The van der Waals surface area contributed by atoms with Gasteiger partial charge in [-0.25, -0.2) is 0 Å². The minimum Gasteiger partial charge on any atom is -0.350 e. The Balaban J connectivity index is 2.09. The molecule has 22 heavy (non-hydrogen) atoms. The summed E-state index contributed by atoms with van der Waals surface area (Å²) in [6.45, 7) is 9.35. The van der Waals surface area contributed by atoms with Crippen LogP contribution in [0.25, 0.3) is 0 Å². The van der Waals surface area contributed by atoms with Gasteiger partial charge in [-0.3, -0.25) is 9.69 Å². The van der Waals surface area contributed by atoms with Crippen LogP contribution in [0.3, 0.4) is 0 Å². The molecule has 0 aromatic carbocycles. The number of hydrogen-bond donors (Lipinski definition) is 1. The first kappa shape index (κ1) is 19.5. The van der Waals surface area contributed by atoms with Crippen molar-refractivity contribution in [3.8, 4) is 0 Å². The lowest BCUT2D eigenvalue weighted by Crippen LogP contribution is -2.48. The van der Waals surface area contributed by atoms with Crippen LogP contribution >= 0.6 is 0 Å². The van der Waals surface area contributed by atoms with Crippen molar-refractivity contribution in [1.29, 1.82) is 0 Å². The summed E-state index contributed by atoms with van der Waals surface area (Å²) in [5, 5.41) is 3.23. The number of nitrogens with zero attached hydrogens (tertiary/aromatic N) is 1. The molecule has 0 aliphatic carbocycles. The molecule has 1 saturated heterocycles. The van der Waals surface area contributed by atoms with Gasteiger partial charge in [0, 0.05) is 5.54 Å². The molecule has 0 unspecified atom stereocenters. The van der Waals surface area contributed by atoms with Crippen molar-refractivity contribution in [2.24, 2.45) is 0 Å². The fourth-order valence-electron chi connectivity index (χ4n) is 3.32. The van der Waals surface area contributed by atoms with Crippen LogP contribution in [0.15, 0.2) is 0 Å². The lowest BCUT2D eigenvalue weighted by Gasteiger charge is -2.30. The Bertz CT molecular complexity index is 296. The molecule has 3 nitrogen and oxygen atoms in total. The predicted octanol–water partition coefficient (Wildman–Crippen LogP) is 4.51. The lowest BCUT2D eigenvalue weighted by molar-refractivity contribution is -0.124. The SMILES string of the molecule is CCCCCCCCCC(C)(C)NC(=O)CN1CCCCC1. The molecule has 3 heteroatoms. The summed E-state index contributed by atoms with van der Waals surface area (Å²) >= 11 is 0. The van der Waals surface area contributed by atoms with Gasteiger partial charge in [0.15, 0.2) is 0 Å². The Morgan fingerprint density at radius 2 is 1.55 bits per heavy atom. The van der Waals surface area contributed by atoms with E-state index in [0.717, 1.165) is 19.5 Å². The highest BCUT2D eigenvalue weighted by atomic mass is 16.2. The molecular formula is C19H38N2O. The lowest BCUT2D eigenvalue weighted by atomic mass is 9.96. The fourth-order valence-corrected chi connectivity index (χ4v) is 3.32. The summed E-state index contributed by atoms with van der Waals surface area (Å²) in [6, 6.07) is 0. The van der Waals surface area contributed by atoms with Gasteiger partial charge in [-0.05, 0) is 46.2 Å². The van der Waals surface area contributed by atoms with Gasteiger partial charge in [0.05, 0.1) is 6.54 Å². The summed E-state index contributed by atoms with van der Waals surface area (Å²) < 4.78 is 0. The van der Waals surface area contributed by atoms with Crippen molar-refractivity contribution in [3.05, 3.63) is 0 Å². The first-order chi connectivity index (χ1) is 10.5. The molecule has 1 aliphatic heterocycles. The van der Waals surface area contributed by atoms with Crippen LogP contribution < -0.4 is 5.32 Å². The van der Waals surface area contributed by atoms with E-state index in [1.165, 1.54) is 64.2 Å². The molecule has 130 valence electrons. The van der Waals surface area contributed by atoms with Crippen molar-refractivity contribution in [2.75, 3.05) is 19.6 Å². The van der Waals surface area contributed by atoms with Crippen molar-refractivity contribution in [1.82, 2.24) is 10.2 Å². The Morgan fingerprint density at radius 3 is 2.18 bits per heavy atom.